The number of aromatic nitrogens is 2. The number of nitrogens with zero attached hydrogens (tertiary/aromatic N) is 2. The van der Waals surface area contributed by atoms with Crippen LogP contribution in [0.2, 0.25) is 18.1 Å². The van der Waals surface area contributed by atoms with Gasteiger partial charge < -0.3 is 29.3 Å². The Morgan fingerprint density at radius 3 is 2.41 bits per heavy atom. The lowest BCUT2D eigenvalue weighted by Gasteiger charge is -2.41. The number of carbonyl (C=O) groups is 1. The molecule has 0 saturated carbocycles. The summed E-state index contributed by atoms with van der Waals surface area (Å²) < 4.78 is 24.1. The van der Waals surface area contributed by atoms with Crippen molar-refractivity contribution in [2.75, 3.05) is 38.1 Å². The number of hydrogen-bond donors (Lipinski definition) is 2. The quantitative estimate of drug-likeness (QED) is 0.120. The first kappa shape index (κ1) is 35.6. The lowest BCUT2D eigenvalue weighted by Crippen LogP contribution is -2.48. The van der Waals surface area contributed by atoms with E-state index in [9.17, 15) is 4.79 Å². The zero-order valence-corrected chi connectivity index (χ0v) is 30.5. The van der Waals surface area contributed by atoms with Gasteiger partial charge in [-0.15, -0.1) is 0 Å². The first-order chi connectivity index (χ1) is 20.7. The van der Waals surface area contributed by atoms with E-state index in [1.165, 1.54) is 0 Å². The number of ether oxygens (including phenoxy) is 3. The van der Waals surface area contributed by atoms with Gasteiger partial charge in [-0.3, -0.25) is 4.98 Å². The molecule has 9 nitrogen and oxygen atoms in total. The number of nitrogens with one attached hydrogen (secondary N) is 2. The molecule has 0 spiro atoms. The standard InChI is InChI=1S/C33H49BrN4O5Si/c1-11-13-16-33(6,21-43-44(9,10)32(3,4)5)38-29-27(31(39)42-12-2)30(37-25-17-23(34)20-35-28(25)29)36-19-22-14-15-24(40-7)18-26(22)41-8/h14-15,17-18,20H,11-13,16,19,21H2,1-10H3,(H2,36,37,38)/t33-/m1/s1. The van der Waals surface area contributed by atoms with Gasteiger partial charge in [0.1, 0.15) is 28.4 Å². The van der Waals surface area contributed by atoms with Gasteiger partial charge in [-0.2, -0.15) is 0 Å². The van der Waals surface area contributed by atoms with Crippen LogP contribution in [0.3, 0.4) is 0 Å². The van der Waals surface area contributed by atoms with Crippen LogP contribution in [0.1, 0.15) is 76.7 Å². The molecule has 242 valence electrons. The second kappa shape index (κ2) is 14.9. The van der Waals surface area contributed by atoms with Gasteiger partial charge >= 0.3 is 5.97 Å². The summed E-state index contributed by atoms with van der Waals surface area (Å²) in [6.45, 7) is 18.4. The van der Waals surface area contributed by atoms with Crippen molar-refractivity contribution in [3.8, 4) is 11.5 Å². The Labute approximate surface area is 272 Å². The predicted octanol–water partition coefficient (Wildman–Crippen LogP) is 8.58. The highest BCUT2D eigenvalue weighted by molar-refractivity contribution is 9.10. The molecule has 44 heavy (non-hydrogen) atoms. The topological polar surface area (TPSA) is 104 Å². The first-order valence-corrected chi connectivity index (χ1v) is 18.9. The number of rotatable bonds is 15. The summed E-state index contributed by atoms with van der Waals surface area (Å²) in [4.78, 5) is 23.3. The van der Waals surface area contributed by atoms with E-state index in [0.717, 1.165) is 29.3 Å². The Morgan fingerprint density at radius 1 is 1.07 bits per heavy atom. The van der Waals surface area contributed by atoms with Gasteiger partial charge in [0.15, 0.2) is 8.32 Å². The minimum Gasteiger partial charge on any atom is -0.497 e. The smallest absolute Gasteiger partial charge is 0.344 e. The summed E-state index contributed by atoms with van der Waals surface area (Å²) in [5, 5.41) is 7.22. The lowest BCUT2D eigenvalue weighted by molar-refractivity contribution is 0.0528. The number of benzene rings is 1. The van der Waals surface area contributed by atoms with Crippen molar-refractivity contribution in [2.45, 2.75) is 91.0 Å². The fourth-order valence-corrected chi connectivity index (χ4v) is 5.98. The summed E-state index contributed by atoms with van der Waals surface area (Å²) in [5.41, 5.74) is 2.47. The lowest BCUT2D eigenvalue weighted by atomic mass is 9.94. The van der Waals surface area contributed by atoms with Crippen LogP contribution in [-0.2, 0) is 15.7 Å². The molecule has 2 aromatic heterocycles. The van der Waals surface area contributed by atoms with Crippen molar-refractivity contribution in [1.82, 2.24) is 9.97 Å². The molecular formula is C33H49BrN4O5Si. The van der Waals surface area contributed by atoms with E-state index in [-0.39, 0.29) is 11.6 Å². The van der Waals surface area contributed by atoms with E-state index in [0.29, 0.717) is 52.8 Å². The average molecular weight is 690 g/mol. The SMILES string of the molecule is CCCC[C@](C)(CO[Si](C)(C)C(C)(C)C)Nc1c(C(=O)OCC)c(NCc2ccc(OC)cc2OC)nc2cc(Br)cnc12. The molecule has 0 bridgehead atoms. The number of carbonyl (C=O) groups excluding carboxylic acids is 1. The third-order valence-electron chi connectivity index (χ3n) is 8.28. The average Bonchev–Trinajstić information content (AvgIpc) is 2.97. The second-order valence-corrected chi connectivity index (χ2v) is 18.5. The van der Waals surface area contributed by atoms with E-state index in [1.807, 2.05) is 24.3 Å². The van der Waals surface area contributed by atoms with Crippen LogP contribution in [-0.4, -0.2) is 57.2 Å². The highest BCUT2D eigenvalue weighted by Crippen LogP contribution is 2.39. The Balaban J connectivity index is 2.17. The maximum absolute atomic E-state index is 13.7. The third kappa shape index (κ3) is 8.63. The number of fused-ring (bicyclic) bond motifs is 1. The molecule has 0 unspecified atom stereocenters. The Kier molecular flexibility index (Phi) is 12.1. The molecule has 0 amide bonds. The maximum atomic E-state index is 13.7. The number of methoxy groups -OCH3 is 2. The first-order valence-electron chi connectivity index (χ1n) is 15.2. The van der Waals surface area contributed by atoms with Gasteiger partial charge in [0.2, 0.25) is 0 Å². The Morgan fingerprint density at radius 2 is 1.80 bits per heavy atom. The van der Waals surface area contributed by atoms with Crippen LogP contribution in [0, 0.1) is 0 Å². The van der Waals surface area contributed by atoms with Crippen LogP contribution in [0.15, 0.2) is 34.9 Å². The normalized spacial score (nSPS) is 13.3. The molecular weight excluding hydrogens is 640 g/mol. The number of pyridine rings is 2. The van der Waals surface area contributed by atoms with Crippen molar-refractivity contribution < 1.29 is 23.4 Å². The molecule has 0 aliphatic heterocycles. The van der Waals surface area contributed by atoms with Gasteiger partial charge in [0, 0.05) is 28.8 Å². The largest absolute Gasteiger partial charge is 0.497 e. The van der Waals surface area contributed by atoms with Crippen molar-refractivity contribution in [1.29, 1.82) is 0 Å². The van der Waals surface area contributed by atoms with E-state index in [1.54, 1.807) is 27.3 Å². The fraction of sp³-hybridized carbons (Fsp3) is 0.545. The molecule has 11 heteroatoms. The Bertz CT molecular complexity index is 1450. The highest BCUT2D eigenvalue weighted by atomic mass is 79.9. The van der Waals surface area contributed by atoms with Gasteiger partial charge in [0.05, 0.1) is 44.2 Å². The maximum Gasteiger partial charge on any atom is 0.344 e. The van der Waals surface area contributed by atoms with Gasteiger partial charge in [-0.1, -0.05) is 40.5 Å². The molecule has 2 heterocycles. The minimum absolute atomic E-state index is 0.0611. The van der Waals surface area contributed by atoms with Crippen molar-refractivity contribution in [2.24, 2.45) is 0 Å². The molecule has 0 aliphatic rings. The van der Waals surface area contributed by atoms with E-state index in [2.05, 4.69) is 74.3 Å². The summed E-state index contributed by atoms with van der Waals surface area (Å²) >= 11 is 3.54. The van der Waals surface area contributed by atoms with Crippen LogP contribution >= 0.6 is 15.9 Å². The summed E-state index contributed by atoms with van der Waals surface area (Å²) in [7, 11) is 1.17. The molecule has 0 radical (unpaired) electrons. The van der Waals surface area contributed by atoms with Crippen molar-refractivity contribution in [3.05, 3.63) is 46.1 Å². The van der Waals surface area contributed by atoms with Crippen LogP contribution < -0.4 is 20.1 Å². The summed E-state index contributed by atoms with van der Waals surface area (Å²) in [6.07, 6.45) is 4.58. The van der Waals surface area contributed by atoms with Crippen LogP contribution in [0.5, 0.6) is 11.5 Å². The van der Waals surface area contributed by atoms with E-state index in [4.69, 9.17) is 28.6 Å². The van der Waals surface area contributed by atoms with E-state index < -0.39 is 19.8 Å². The minimum atomic E-state index is -2.06. The second-order valence-electron chi connectivity index (χ2n) is 12.8. The number of anilines is 2. The van der Waals surface area contributed by atoms with E-state index >= 15 is 0 Å². The number of hydrogen-bond acceptors (Lipinski definition) is 9. The predicted molar refractivity (Wildman–Crippen MR) is 185 cm³/mol. The highest BCUT2D eigenvalue weighted by Gasteiger charge is 2.40. The molecule has 1 atom stereocenters. The molecule has 0 saturated heterocycles. The van der Waals surface area contributed by atoms with Crippen LogP contribution in [0.4, 0.5) is 11.5 Å². The van der Waals surface area contributed by atoms with Gasteiger partial charge in [-0.25, -0.2) is 9.78 Å². The molecule has 0 fully saturated rings. The molecule has 1 aromatic carbocycles. The van der Waals surface area contributed by atoms with Gasteiger partial charge in [-0.05, 0) is 72.5 Å². The summed E-state index contributed by atoms with van der Waals surface area (Å²) in [5.74, 6) is 1.25. The zero-order valence-electron chi connectivity index (χ0n) is 27.9. The number of halogens is 1. The van der Waals surface area contributed by atoms with Crippen LogP contribution in [0.25, 0.3) is 11.0 Å². The molecule has 0 aliphatic carbocycles. The molecule has 3 aromatic rings. The zero-order chi connectivity index (χ0) is 32.7. The number of esters is 1. The summed E-state index contributed by atoms with van der Waals surface area (Å²) in [6, 6.07) is 7.52. The van der Waals surface area contributed by atoms with Crippen molar-refractivity contribution >= 4 is 52.8 Å². The fourth-order valence-electron chi connectivity index (χ4n) is 4.54. The van der Waals surface area contributed by atoms with Gasteiger partial charge in [0.25, 0.3) is 0 Å². The molecule has 3 rings (SSSR count). The monoisotopic (exact) mass is 688 g/mol. The van der Waals surface area contributed by atoms with Crippen molar-refractivity contribution in [3.63, 3.8) is 0 Å². The number of unbranched alkanes of at least 4 members (excludes halogenated alkanes) is 1. The Hall–Kier alpha value is -2.89. The molecule has 2 N–H and O–H groups in total. The third-order valence-corrected chi connectivity index (χ3v) is 13.2.